The van der Waals surface area contributed by atoms with Crippen molar-refractivity contribution in [3.63, 3.8) is 0 Å². The van der Waals surface area contributed by atoms with Crippen LogP contribution in [0.3, 0.4) is 0 Å². The standard InChI is InChI=1S/C22H16ClF3N6O4/c1-34-18-10-13(16(11-14(18)23)32-27-7-8-28-32)21(33)31-9-6-15(31)19-29-20(36-30-19)12-4-2-3-5-17(12)35-22(24,25)26/h2-5,7-8,10-11,15H,6,9H2,1H3/t15-/m0/s1. The van der Waals surface area contributed by atoms with Gasteiger partial charge >= 0.3 is 6.36 Å². The number of methoxy groups -OCH3 is 1. The normalized spacial score (nSPS) is 15.5. The van der Waals surface area contributed by atoms with Gasteiger partial charge in [0, 0.05) is 6.54 Å². The summed E-state index contributed by atoms with van der Waals surface area (Å²) in [5.74, 6) is -0.604. The van der Waals surface area contributed by atoms with Crippen LogP contribution in [0.15, 0.2) is 53.3 Å². The number of hydrogen-bond donors (Lipinski definition) is 0. The lowest BCUT2D eigenvalue weighted by Gasteiger charge is -2.39. The number of ether oxygens (including phenoxy) is 2. The molecule has 1 amide bonds. The molecule has 1 fully saturated rings. The predicted octanol–water partition coefficient (Wildman–Crippen LogP) is 4.47. The molecule has 4 aromatic rings. The van der Waals surface area contributed by atoms with Crippen molar-refractivity contribution in [3.8, 4) is 28.6 Å². The topological polar surface area (TPSA) is 108 Å². The van der Waals surface area contributed by atoms with Crippen LogP contribution < -0.4 is 9.47 Å². The first-order chi connectivity index (χ1) is 17.2. The van der Waals surface area contributed by atoms with Crippen molar-refractivity contribution in [1.29, 1.82) is 0 Å². The number of nitrogens with zero attached hydrogens (tertiary/aromatic N) is 6. The molecule has 14 heteroatoms. The molecular formula is C22H16ClF3N6O4. The number of halogens is 4. The van der Waals surface area contributed by atoms with Gasteiger partial charge in [0.05, 0.1) is 41.7 Å². The van der Waals surface area contributed by atoms with E-state index < -0.39 is 18.2 Å². The Morgan fingerprint density at radius 3 is 2.58 bits per heavy atom. The third-order valence-electron chi connectivity index (χ3n) is 5.50. The maximum atomic E-state index is 13.5. The number of amides is 1. The van der Waals surface area contributed by atoms with Gasteiger partial charge in [-0.15, -0.1) is 13.2 Å². The number of hydrogen-bond acceptors (Lipinski definition) is 8. The average molecular weight is 521 g/mol. The second-order valence-corrected chi connectivity index (χ2v) is 8.03. The smallest absolute Gasteiger partial charge is 0.495 e. The first-order valence-electron chi connectivity index (χ1n) is 10.5. The van der Waals surface area contributed by atoms with E-state index in [-0.39, 0.29) is 39.5 Å². The number of carbonyl (C=O) groups is 1. The summed E-state index contributed by atoms with van der Waals surface area (Å²) in [4.78, 5) is 20.5. The minimum atomic E-state index is -4.89. The lowest BCUT2D eigenvalue weighted by molar-refractivity contribution is -0.274. The maximum absolute atomic E-state index is 13.5. The summed E-state index contributed by atoms with van der Waals surface area (Å²) < 4.78 is 52.9. The highest BCUT2D eigenvalue weighted by Crippen LogP contribution is 2.38. The van der Waals surface area contributed by atoms with E-state index in [0.29, 0.717) is 18.7 Å². The summed E-state index contributed by atoms with van der Waals surface area (Å²) in [6.45, 7) is 0.387. The second-order valence-electron chi connectivity index (χ2n) is 7.63. The fourth-order valence-corrected chi connectivity index (χ4v) is 4.00. The van der Waals surface area contributed by atoms with Crippen LogP contribution in [0.1, 0.15) is 28.6 Å². The minimum absolute atomic E-state index is 0.0275. The van der Waals surface area contributed by atoms with E-state index in [2.05, 4.69) is 25.1 Å². The van der Waals surface area contributed by atoms with Gasteiger partial charge in [-0.05, 0) is 30.7 Å². The fourth-order valence-electron chi connectivity index (χ4n) is 3.77. The van der Waals surface area contributed by atoms with Crippen LogP contribution in [0.2, 0.25) is 5.02 Å². The number of aromatic nitrogens is 5. The monoisotopic (exact) mass is 520 g/mol. The van der Waals surface area contributed by atoms with Gasteiger partial charge in [0.1, 0.15) is 17.2 Å². The van der Waals surface area contributed by atoms with E-state index in [4.69, 9.17) is 20.9 Å². The third-order valence-corrected chi connectivity index (χ3v) is 5.79. The van der Waals surface area contributed by atoms with Gasteiger partial charge in [-0.3, -0.25) is 4.79 Å². The number of alkyl halides is 3. The molecule has 1 aliphatic heterocycles. The van der Waals surface area contributed by atoms with Crippen LogP contribution in [0.4, 0.5) is 13.2 Å². The summed E-state index contributed by atoms with van der Waals surface area (Å²) in [7, 11) is 1.43. The molecule has 0 aliphatic carbocycles. The first kappa shape index (κ1) is 23.6. The van der Waals surface area contributed by atoms with E-state index in [9.17, 15) is 18.0 Å². The number of para-hydroxylation sites is 1. The predicted molar refractivity (Wildman–Crippen MR) is 118 cm³/mol. The molecule has 1 saturated heterocycles. The Labute approximate surface area is 206 Å². The van der Waals surface area contributed by atoms with Crippen molar-refractivity contribution < 1.29 is 32.0 Å². The molecule has 3 heterocycles. The molecule has 0 spiro atoms. The molecule has 0 saturated carbocycles. The minimum Gasteiger partial charge on any atom is -0.495 e. The zero-order valence-corrected chi connectivity index (χ0v) is 19.2. The van der Waals surface area contributed by atoms with Gasteiger partial charge in [-0.1, -0.05) is 28.9 Å². The van der Waals surface area contributed by atoms with E-state index in [1.807, 2.05) is 0 Å². The molecule has 0 unspecified atom stereocenters. The summed E-state index contributed by atoms with van der Waals surface area (Å²) in [6, 6.07) is 7.86. The van der Waals surface area contributed by atoms with Gasteiger partial charge in [0.2, 0.25) is 0 Å². The van der Waals surface area contributed by atoms with E-state index in [0.717, 1.165) is 6.07 Å². The SMILES string of the molecule is COc1cc(C(=O)N2CC[C@H]2c2noc(-c3ccccc3OC(F)(F)F)n2)c(-n2nccn2)cc1Cl. The molecule has 10 nitrogen and oxygen atoms in total. The van der Waals surface area contributed by atoms with Crippen molar-refractivity contribution >= 4 is 17.5 Å². The third kappa shape index (κ3) is 4.44. The van der Waals surface area contributed by atoms with Gasteiger partial charge in [-0.25, -0.2) is 0 Å². The molecule has 0 bridgehead atoms. The van der Waals surface area contributed by atoms with Crippen molar-refractivity contribution in [1.82, 2.24) is 30.0 Å². The molecule has 1 aliphatic rings. The van der Waals surface area contributed by atoms with Crippen LogP contribution in [0.25, 0.3) is 17.1 Å². The van der Waals surface area contributed by atoms with Crippen molar-refractivity contribution in [3.05, 3.63) is 65.2 Å². The lowest BCUT2D eigenvalue weighted by Crippen LogP contribution is -2.45. The number of likely N-dealkylation sites (tertiary alicyclic amines) is 1. The quantitative estimate of drug-likeness (QED) is 0.366. The molecule has 0 radical (unpaired) electrons. The largest absolute Gasteiger partial charge is 0.573 e. The molecule has 1 atom stereocenters. The summed E-state index contributed by atoms with van der Waals surface area (Å²) in [5, 5.41) is 12.3. The Balaban J connectivity index is 1.44. The molecule has 5 rings (SSSR count). The van der Waals surface area contributed by atoms with E-state index >= 15 is 0 Å². The highest BCUT2D eigenvalue weighted by molar-refractivity contribution is 6.32. The maximum Gasteiger partial charge on any atom is 0.573 e. The Morgan fingerprint density at radius 2 is 1.92 bits per heavy atom. The zero-order chi connectivity index (χ0) is 25.4. The van der Waals surface area contributed by atoms with Gasteiger partial charge in [0.15, 0.2) is 5.82 Å². The fraction of sp³-hybridized carbons (Fsp3) is 0.227. The second kappa shape index (κ2) is 9.15. The zero-order valence-electron chi connectivity index (χ0n) is 18.4. The van der Waals surface area contributed by atoms with Gasteiger partial charge in [0.25, 0.3) is 11.8 Å². The Bertz CT molecular complexity index is 1410. The van der Waals surface area contributed by atoms with Crippen molar-refractivity contribution in [2.75, 3.05) is 13.7 Å². The van der Waals surface area contributed by atoms with Crippen LogP contribution in [-0.4, -0.2) is 56.0 Å². The highest BCUT2D eigenvalue weighted by Gasteiger charge is 2.39. The number of carbonyl (C=O) groups excluding carboxylic acids is 1. The summed E-state index contributed by atoms with van der Waals surface area (Å²) in [5.41, 5.74) is 0.540. The summed E-state index contributed by atoms with van der Waals surface area (Å²) in [6.07, 6.45) is -1.46. The van der Waals surface area contributed by atoms with Crippen molar-refractivity contribution in [2.45, 2.75) is 18.8 Å². The van der Waals surface area contributed by atoms with Crippen LogP contribution in [0.5, 0.6) is 11.5 Å². The number of rotatable bonds is 6. The molecule has 36 heavy (non-hydrogen) atoms. The molecule has 2 aromatic carbocycles. The van der Waals surface area contributed by atoms with E-state index in [1.54, 1.807) is 0 Å². The van der Waals surface area contributed by atoms with Crippen LogP contribution in [0, 0.1) is 0 Å². The Hall–Kier alpha value is -4.13. The molecule has 2 aromatic heterocycles. The Kier molecular flexibility index (Phi) is 6.00. The Morgan fingerprint density at radius 1 is 1.17 bits per heavy atom. The average Bonchev–Trinajstić information content (AvgIpc) is 3.50. The van der Waals surface area contributed by atoms with Crippen LogP contribution in [-0.2, 0) is 0 Å². The molecular weight excluding hydrogens is 505 g/mol. The van der Waals surface area contributed by atoms with Gasteiger partial charge < -0.3 is 18.9 Å². The van der Waals surface area contributed by atoms with Crippen molar-refractivity contribution in [2.24, 2.45) is 0 Å². The van der Waals surface area contributed by atoms with Crippen LogP contribution >= 0.6 is 11.6 Å². The lowest BCUT2D eigenvalue weighted by atomic mass is 9.99. The highest BCUT2D eigenvalue weighted by atomic mass is 35.5. The van der Waals surface area contributed by atoms with E-state index in [1.165, 1.54) is 59.5 Å². The molecule has 0 N–H and O–H groups in total. The van der Waals surface area contributed by atoms with Gasteiger partial charge in [-0.2, -0.15) is 20.0 Å². The number of benzene rings is 2. The molecule has 186 valence electrons. The first-order valence-corrected chi connectivity index (χ1v) is 10.9. The summed E-state index contributed by atoms with van der Waals surface area (Å²) >= 11 is 6.26.